The predicted molar refractivity (Wildman–Crippen MR) is 44.9 cm³/mol. The Hall–Kier alpha value is -0.370. The standard InChI is InChI=1S/C8H9BrO/c1-8(2)5-6(9)3-4-7(8)10/h3-5H,1-2H3. The fourth-order valence-corrected chi connectivity index (χ4v) is 1.54. The molecule has 0 aromatic heterocycles. The van der Waals surface area contributed by atoms with Crippen LogP contribution in [0.1, 0.15) is 13.8 Å². The second-order valence-corrected chi connectivity index (χ2v) is 3.86. The number of carbonyl (C=O) groups excluding carboxylic acids is 1. The minimum atomic E-state index is -0.326. The maximum Gasteiger partial charge on any atom is 0.165 e. The summed E-state index contributed by atoms with van der Waals surface area (Å²) in [5.41, 5.74) is -0.326. The van der Waals surface area contributed by atoms with E-state index in [1.54, 1.807) is 12.2 Å². The zero-order valence-electron chi connectivity index (χ0n) is 6.02. The molecule has 0 bridgehead atoms. The quantitative estimate of drug-likeness (QED) is 0.588. The van der Waals surface area contributed by atoms with Crippen molar-refractivity contribution in [3.8, 4) is 0 Å². The van der Waals surface area contributed by atoms with Gasteiger partial charge in [-0.25, -0.2) is 0 Å². The number of rotatable bonds is 0. The first-order valence-electron chi connectivity index (χ1n) is 3.13. The molecule has 1 rings (SSSR count). The highest BCUT2D eigenvalue weighted by Gasteiger charge is 2.24. The van der Waals surface area contributed by atoms with E-state index in [0.29, 0.717) is 0 Å². The summed E-state index contributed by atoms with van der Waals surface area (Å²) in [7, 11) is 0. The van der Waals surface area contributed by atoms with Crippen LogP contribution in [0.2, 0.25) is 0 Å². The van der Waals surface area contributed by atoms with Gasteiger partial charge in [-0.2, -0.15) is 0 Å². The molecular formula is C8H9BrO. The number of hydrogen-bond acceptors (Lipinski definition) is 1. The summed E-state index contributed by atoms with van der Waals surface area (Å²) in [5, 5.41) is 0. The van der Waals surface area contributed by atoms with Crippen LogP contribution in [0.15, 0.2) is 22.7 Å². The van der Waals surface area contributed by atoms with Crippen molar-refractivity contribution in [2.24, 2.45) is 5.41 Å². The van der Waals surface area contributed by atoms with E-state index in [0.717, 1.165) is 4.48 Å². The zero-order valence-corrected chi connectivity index (χ0v) is 7.60. The summed E-state index contributed by atoms with van der Waals surface area (Å²) in [6.45, 7) is 3.81. The molecule has 54 valence electrons. The molecule has 0 fully saturated rings. The highest BCUT2D eigenvalue weighted by Crippen LogP contribution is 2.27. The Balaban J connectivity index is 2.99. The molecule has 0 saturated heterocycles. The van der Waals surface area contributed by atoms with Crippen molar-refractivity contribution in [1.82, 2.24) is 0 Å². The van der Waals surface area contributed by atoms with E-state index in [1.165, 1.54) is 0 Å². The van der Waals surface area contributed by atoms with Crippen LogP contribution in [-0.4, -0.2) is 5.78 Å². The van der Waals surface area contributed by atoms with Crippen LogP contribution in [-0.2, 0) is 4.79 Å². The monoisotopic (exact) mass is 200 g/mol. The summed E-state index contributed by atoms with van der Waals surface area (Å²) in [6, 6.07) is 0. The Bertz CT molecular complexity index is 223. The number of halogens is 1. The van der Waals surface area contributed by atoms with Crippen molar-refractivity contribution in [3.63, 3.8) is 0 Å². The molecular weight excluding hydrogens is 192 g/mol. The molecule has 0 heterocycles. The fourth-order valence-electron chi connectivity index (χ4n) is 0.834. The van der Waals surface area contributed by atoms with E-state index in [9.17, 15) is 4.79 Å². The minimum absolute atomic E-state index is 0.163. The van der Waals surface area contributed by atoms with Gasteiger partial charge < -0.3 is 0 Å². The molecule has 0 radical (unpaired) electrons. The minimum Gasteiger partial charge on any atom is -0.294 e. The van der Waals surface area contributed by atoms with Gasteiger partial charge in [0.05, 0.1) is 0 Å². The molecule has 1 aliphatic rings. The third kappa shape index (κ3) is 1.37. The van der Waals surface area contributed by atoms with E-state index < -0.39 is 0 Å². The molecule has 0 unspecified atom stereocenters. The van der Waals surface area contributed by atoms with E-state index in [4.69, 9.17) is 0 Å². The van der Waals surface area contributed by atoms with Crippen LogP contribution in [0.3, 0.4) is 0 Å². The van der Waals surface area contributed by atoms with Crippen molar-refractivity contribution < 1.29 is 4.79 Å². The highest BCUT2D eigenvalue weighted by molar-refractivity contribution is 9.11. The summed E-state index contributed by atoms with van der Waals surface area (Å²) >= 11 is 3.31. The zero-order chi connectivity index (χ0) is 7.78. The number of hydrogen-bond donors (Lipinski definition) is 0. The van der Waals surface area contributed by atoms with Crippen LogP contribution in [0.5, 0.6) is 0 Å². The second-order valence-electron chi connectivity index (χ2n) is 2.95. The molecule has 1 nitrogen and oxygen atoms in total. The Morgan fingerprint density at radius 3 is 2.40 bits per heavy atom. The third-order valence-corrected chi connectivity index (χ3v) is 2.02. The van der Waals surface area contributed by atoms with Gasteiger partial charge in [0, 0.05) is 9.90 Å². The number of carbonyl (C=O) groups is 1. The lowest BCUT2D eigenvalue weighted by molar-refractivity contribution is -0.120. The first kappa shape index (κ1) is 7.73. The average molecular weight is 201 g/mol. The predicted octanol–water partition coefficient (Wildman–Crippen LogP) is 2.43. The van der Waals surface area contributed by atoms with E-state index in [1.807, 2.05) is 19.9 Å². The van der Waals surface area contributed by atoms with E-state index in [2.05, 4.69) is 15.9 Å². The molecule has 0 aromatic rings. The lowest BCUT2D eigenvalue weighted by Crippen LogP contribution is -2.21. The average Bonchev–Trinajstić information content (AvgIpc) is 1.78. The van der Waals surface area contributed by atoms with Gasteiger partial charge in [0.1, 0.15) is 0 Å². The van der Waals surface area contributed by atoms with Gasteiger partial charge in [-0.1, -0.05) is 22.0 Å². The lowest BCUT2D eigenvalue weighted by atomic mass is 9.85. The van der Waals surface area contributed by atoms with Gasteiger partial charge in [0.15, 0.2) is 5.78 Å². The molecule has 0 aliphatic heterocycles. The Morgan fingerprint density at radius 2 is 2.00 bits per heavy atom. The fraction of sp³-hybridized carbons (Fsp3) is 0.375. The Labute approximate surface area is 68.9 Å². The van der Waals surface area contributed by atoms with Crippen LogP contribution < -0.4 is 0 Å². The summed E-state index contributed by atoms with van der Waals surface area (Å²) in [4.78, 5) is 11.1. The topological polar surface area (TPSA) is 17.1 Å². The van der Waals surface area contributed by atoms with Crippen molar-refractivity contribution in [3.05, 3.63) is 22.7 Å². The second kappa shape index (κ2) is 2.35. The first-order valence-corrected chi connectivity index (χ1v) is 3.92. The molecule has 0 amide bonds. The molecule has 0 N–H and O–H groups in total. The molecule has 2 heteroatoms. The van der Waals surface area contributed by atoms with Crippen LogP contribution in [0, 0.1) is 5.41 Å². The van der Waals surface area contributed by atoms with Crippen LogP contribution in [0.4, 0.5) is 0 Å². The van der Waals surface area contributed by atoms with E-state index in [-0.39, 0.29) is 11.2 Å². The van der Waals surface area contributed by atoms with Gasteiger partial charge in [-0.15, -0.1) is 0 Å². The Morgan fingerprint density at radius 1 is 1.40 bits per heavy atom. The highest BCUT2D eigenvalue weighted by atomic mass is 79.9. The van der Waals surface area contributed by atoms with Gasteiger partial charge in [0.2, 0.25) is 0 Å². The normalized spacial score (nSPS) is 22.7. The lowest BCUT2D eigenvalue weighted by Gasteiger charge is -2.19. The third-order valence-electron chi connectivity index (χ3n) is 1.53. The van der Waals surface area contributed by atoms with Crippen LogP contribution in [0.25, 0.3) is 0 Å². The molecule has 1 aliphatic carbocycles. The van der Waals surface area contributed by atoms with Crippen LogP contribution >= 0.6 is 15.9 Å². The maximum absolute atomic E-state index is 11.1. The van der Waals surface area contributed by atoms with Gasteiger partial charge in [-0.3, -0.25) is 4.79 Å². The van der Waals surface area contributed by atoms with Crippen molar-refractivity contribution in [2.45, 2.75) is 13.8 Å². The molecule has 0 aromatic carbocycles. The molecule has 0 spiro atoms. The summed E-state index contributed by atoms with van der Waals surface area (Å²) < 4.78 is 0.983. The van der Waals surface area contributed by atoms with Crippen molar-refractivity contribution in [2.75, 3.05) is 0 Å². The summed E-state index contributed by atoms with van der Waals surface area (Å²) in [5.74, 6) is 0.163. The molecule has 10 heavy (non-hydrogen) atoms. The number of ketones is 1. The Kier molecular flexibility index (Phi) is 1.82. The van der Waals surface area contributed by atoms with E-state index >= 15 is 0 Å². The SMILES string of the molecule is CC1(C)C=C(Br)C=CC1=O. The van der Waals surface area contributed by atoms with Crippen molar-refractivity contribution in [1.29, 1.82) is 0 Å². The van der Waals surface area contributed by atoms with Gasteiger partial charge >= 0.3 is 0 Å². The van der Waals surface area contributed by atoms with Gasteiger partial charge in [0.25, 0.3) is 0 Å². The maximum atomic E-state index is 11.1. The number of allylic oxidation sites excluding steroid dienone is 4. The van der Waals surface area contributed by atoms with Gasteiger partial charge in [-0.05, 0) is 26.0 Å². The largest absolute Gasteiger partial charge is 0.294 e. The molecule has 0 atom stereocenters. The first-order chi connectivity index (χ1) is 4.52. The smallest absolute Gasteiger partial charge is 0.165 e. The molecule has 0 saturated carbocycles. The van der Waals surface area contributed by atoms with Crippen molar-refractivity contribution >= 4 is 21.7 Å². The summed E-state index contributed by atoms with van der Waals surface area (Å²) in [6.07, 6.45) is 5.28.